The van der Waals surface area contributed by atoms with E-state index in [0.29, 0.717) is 32.7 Å². The molecule has 0 heterocycles. The first-order chi connectivity index (χ1) is 9.65. The predicted octanol–water partition coefficient (Wildman–Crippen LogP) is -2.60. The summed E-state index contributed by atoms with van der Waals surface area (Å²) in [6.07, 6.45) is 0.288. The molecule has 0 fully saturated rings. The molecule has 0 saturated heterocycles. The quantitative estimate of drug-likeness (QED) is 0.208. The van der Waals surface area contributed by atoms with Crippen LogP contribution in [0.1, 0.15) is 6.42 Å². The molecule has 0 saturated carbocycles. The average molecular weight is 296 g/mol. The van der Waals surface area contributed by atoms with Crippen LogP contribution in [0.2, 0.25) is 0 Å². The van der Waals surface area contributed by atoms with Crippen molar-refractivity contribution in [2.24, 2.45) is 0 Å². The third-order valence-electron chi connectivity index (χ3n) is 2.27. The molecule has 0 unspecified atom stereocenters. The van der Waals surface area contributed by atoms with Crippen LogP contribution in [0.4, 0.5) is 0 Å². The molecule has 20 heavy (non-hydrogen) atoms. The van der Waals surface area contributed by atoms with E-state index in [1.165, 1.54) is 7.11 Å². The van der Waals surface area contributed by atoms with Gasteiger partial charge < -0.3 is 30.5 Å². The molecule has 0 rings (SSSR count). The zero-order valence-electron chi connectivity index (χ0n) is 12.1. The zero-order chi connectivity index (χ0) is 15.6. The number of ether oxygens (including phenoxy) is 1. The smallest absolute Gasteiger partial charge is 0.306 e. The molecule has 0 aliphatic carbocycles. The van der Waals surface area contributed by atoms with Gasteiger partial charge in [0, 0.05) is 32.7 Å². The number of hydrogen-bond acceptors (Lipinski definition) is 8. The summed E-state index contributed by atoms with van der Waals surface area (Å²) in [5.41, 5.74) is 0. The van der Waals surface area contributed by atoms with E-state index < -0.39 is 0 Å². The summed E-state index contributed by atoms with van der Waals surface area (Å²) in [4.78, 5) is 12.6. The largest absolute Gasteiger partial charge is 0.469 e. The Morgan fingerprint density at radius 3 is 1.80 bits per heavy atom. The molecule has 0 radical (unpaired) electrons. The van der Waals surface area contributed by atoms with Crippen molar-refractivity contribution < 1.29 is 30.0 Å². The summed E-state index contributed by atoms with van der Waals surface area (Å²) in [6, 6.07) is 0. The Kier molecular flexibility index (Phi) is 19.6. The summed E-state index contributed by atoms with van der Waals surface area (Å²) in [7, 11) is 1.34. The van der Waals surface area contributed by atoms with Crippen molar-refractivity contribution in [2.75, 3.05) is 66.3 Å². The lowest BCUT2D eigenvalue weighted by molar-refractivity contribution is -0.141. The van der Waals surface area contributed by atoms with Crippen molar-refractivity contribution in [2.45, 2.75) is 6.42 Å². The summed E-state index contributed by atoms with van der Waals surface area (Å²) >= 11 is 0. The van der Waals surface area contributed by atoms with Gasteiger partial charge in [0.05, 0.1) is 40.0 Å². The van der Waals surface area contributed by atoms with Crippen molar-refractivity contribution >= 4 is 5.97 Å². The first-order valence-electron chi connectivity index (χ1n) is 6.59. The molecule has 8 nitrogen and oxygen atoms in total. The van der Waals surface area contributed by atoms with Gasteiger partial charge in [0.1, 0.15) is 0 Å². The monoisotopic (exact) mass is 296 g/mol. The lowest BCUT2D eigenvalue weighted by atomic mass is 10.3. The van der Waals surface area contributed by atoms with Crippen LogP contribution >= 0.6 is 0 Å². The van der Waals surface area contributed by atoms with Crippen LogP contribution in [-0.2, 0) is 9.53 Å². The van der Waals surface area contributed by atoms with E-state index in [0.717, 1.165) is 0 Å². The van der Waals surface area contributed by atoms with E-state index in [1.54, 1.807) is 4.90 Å². The third kappa shape index (κ3) is 17.2. The Morgan fingerprint density at radius 2 is 1.45 bits per heavy atom. The van der Waals surface area contributed by atoms with E-state index in [2.05, 4.69) is 10.1 Å². The lowest BCUT2D eigenvalue weighted by Gasteiger charge is -2.18. The van der Waals surface area contributed by atoms with E-state index >= 15 is 0 Å². The highest BCUT2D eigenvalue weighted by Gasteiger charge is 2.06. The number of methoxy groups -OCH3 is 1. The molecule has 0 bridgehead atoms. The van der Waals surface area contributed by atoms with Gasteiger partial charge in [-0.3, -0.25) is 9.69 Å². The second-order valence-corrected chi connectivity index (χ2v) is 3.81. The van der Waals surface area contributed by atoms with Crippen LogP contribution in [0.5, 0.6) is 0 Å². The molecule has 0 aliphatic rings. The van der Waals surface area contributed by atoms with E-state index in [4.69, 9.17) is 20.4 Å². The number of carbonyl (C=O) groups excluding carboxylic acids is 1. The maximum absolute atomic E-state index is 10.8. The van der Waals surface area contributed by atoms with Crippen LogP contribution in [0.25, 0.3) is 0 Å². The Morgan fingerprint density at radius 1 is 0.950 bits per heavy atom. The van der Waals surface area contributed by atoms with Gasteiger partial charge >= 0.3 is 5.97 Å². The number of nitrogens with zero attached hydrogens (tertiary/aromatic N) is 1. The van der Waals surface area contributed by atoms with Crippen LogP contribution in [-0.4, -0.2) is 97.6 Å². The highest BCUT2D eigenvalue weighted by atomic mass is 16.5. The van der Waals surface area contributed by atoms with Gasteiger partial charge in [-0.15, -0.1) is 0 Å². The highest BCUT2D eigenvalue weighted by molar-refractivity contribution is 5.69. The molecule has 0 atom stereocenters. The third-order valence-corrected chi connectivity index (χ3v) is 2.27. The molecular formula is C12H28N2O6. The molecule has 0 aromatic heterocycles. The Bertz CT molecular complexity index is 196. The molecule has 0 aromatic rings. The minimum atomic E-state index is -0.277. The molecule has 5 N–H and O–H groups in total. The van der Waals surface area contributed by atoms with Crippen LogP contribution in [0, 0.1) is 0 Å². The van der Waals surface area contributed by atoms with Crippen molar-refractivity contribution in [1.29, 1.82) is 0 Å². The molecule has 0 amide bonds. The van der Waals surface area contributed by atoms with Gasteiger partial charge in [0.25, 0.3) is 0 Å². The number of carbonyl (C=O) groups is 1. The normalized spacial score (nSPS) is 10.1. The van der Waals surface area contributed by atoms with E-state index in [9.17, 15) is 4.79 Å². The summed E-state index contributed by atoms with van der Waals surface area (Å²) < 4.78 is 4.47. The summed E-state index contributed by atoms with van der Waals surface area (Å²) in [5, 5.41) is 36.4. The van der Waals surface area contributed by atoms with Crippen molar-refractivity contribution in [1.82, 2.24) is 10.2 Å². The number of aliphatic hydroxyl groups is 4. The number of esters is 1. The minimum Gasteiger partial charge on any atom is -0.469 e. The standard InChI is InChI=1S/C8H17NO4.C4H11NO2/c1-13-8(12)2-3-9(4-6-10)5-7-11;6-3-1-5-2-4-7/h10-11H,2-7H2,1H3;5-7H,1-4H2. The molecule has 0 aliphatic heterocycles. The van der Waals surface area contributed by atoms with Crippen LogP contribution in [0.15, 0.2) is 0 Å². The van der Waals surface area contributed by atoms with Crippen molar-refractivity contribution in [3.8, 4) is 0 Å². The minimum absolute atomic E-state index is 0.0289. The first-order valence-corrected chi connectivity index (χ1v) is 6.59. The Labute approximate surface area is 120 Å². The van der Waals surface area contributed by atoms with Gasteiger partial charge in [-0.25, -0.2) is 0 Å². The number of hydrogen-bond donors (Lipinski definition) is 5. The molecule has 8 heteroatoms. The maximum Gasteiger partial charge on any atom is 0.306 e. The second-order valence-electron chi connectivity index (χ2n) is 3.81. The fourth-order valence-electron chi connectivity index (χ4n) is 1.25. The average Bonchev–Trinajstić information content (AvgIpc) is 2.46. The topological polar surface area (TPSA) is 122 Å². The van der Waals surface area contributed by atoms with E-state index in [-0.39, 0.29) is 38.8 Å². The fraction of sp³-hybridized carbons (Fsp3) is 0.917. The SMILES string of the molecule is COC(=O)CCN(CCO)CCO.OCCNCCO. The Hall–Kier alpha value is -0.770. The van der Waals surface area contributed by atoms with Crippen LogP contribution in [0.3, 0.4) is 0 Å². The van der Waals surface area contributed by atoms with Crippen LogP contribution < -0.4 is 5.32 Å². The van der Waals surface area contributed by atoms with Gasteiger partial charge in [0.15, 0.2) is 0 Å². The molecule has 0 aromatic carbocycles. The van der Waals surface area contributed by atoms with Gasteiger partial charge in [-0.05, 0) is 0 Å². The first kappa shape index (κ1) is 21.5. The highest BCUT2D eigenvalue weighted by Crippen LogP contribution is 1.92. The van der Waals surface area contributed by atoms with Gasteiger partial charge in [-0.2, -0.15) is 0 Å². The maximum atomic E-state index is 10.8. The lowest BCUT2D eigenvalue weighted by Crippen LogP contribution is -2.32. The Balaban J connectivity index is 0. The van der Waals surface area contributed by atoms with Gasteiger partial charge in [0.2, 0.25) is 0 Å². The predicted molar refractivity (Wildman–Crippen MR) is 74.3 cm³/mol. The van der Waals surface area contributed by atoms with Gasteiger partial charge in [-0.1, -0.05) is 0 Å². The second kappa shape index (κ2) is 18.2. The van der Waals surface area contributed by atoms with Crippen molar-refractivity contribution in [3.05, 3.63) is 0 Å². The summed E-state index contributed by atoms with van der Waals surface area (Å²) in [5.74, 6) is -0.277. The van der Waals surface area contributed by atoms with Crippen molar-refractivity contribution in [3.63, 3.8) is 0 Å². The zero-order valence-corrected chi connectivity index (χ0v) is 12.1. The number of rotatable bonds is 11. The molecular weight excluding hydrogens is 268 g/mol. The molecule has 0 spiro atoms. The molecule has 122 valence electrons. The van der Waals surface area contributed by atoms with E-state index in [1.807, 2.05) is 0 Å². The number of aliphatic hydroxyl groups excluding tert-OH is 4. The summed E-state index contributed by atoms with van der Waals surface area (Å²) in [6.45, 7) is 2.92. The fourth-order valence-corrected chi connectivity index (χ4v) is 1.25. The number of nitrogens with one attached hydrogen (secondary N) is 1.